The molecule has 1 heterocycles. The number of aryl methyl sites for hydroxylation is 3. The second-order valence-corrected chi connectivity index (χ2v) is 3.97. The molecule has 1 N–H and O–H groups in total. The molecule has 1 amide bonds. The van der Waals surface area contributed by atoms with E-state index >= 15 is 0 Å². The summed E-state index contributed by atoms with van der Waals surface area (Å²) in [7, 11) is 0. The number of ketones is 1. The van der Waals surface area contributed by atoms with E-state index in [1.54, 1.807) is 0 Å². The Morgan fingerprint density at radius 3 is 2.44 bits per heavy atom. The lowest BCUT2D eigenvalue weighted by molar-refractivity contribution is -0.124. The van der Waals surface area contributed by atoms with Gasteiger partial charge in [-0.3, -0.25) is 14.6 Å². The Morgan fingerprint density at radius 2 is 1.94 bits per heavy atom. The summed E-state index contributed by atoms with van der Waals surface area (Å²) in [6.07, 6.45) is -0.0905. The molecule has 0 fully saturated rings. The molecule has 4 nitrogen and oxygen atoms in total. The first-order valence-electron chi connectivity index (χ1n) is 5.14. The number of pyridine rings is 1. The van der Waals surface area contributed by atoms with Crippen molar-refractivity contribution in [3.05, 3.63) is 23.0 Å². The lowest BCUT2D eigenvalue weighted by Crippen LogP contribution is -2.16. The van der Waals surface area contributed by atoms with Crippen LogP contribution in [0.5, 0.6) is 0 Å². The lowest BCUT2D eigenvalue weighted by atomic mass is 10.1. The van der Waals surface area contributed by atoms with E-state index in [9.17, 15) is 9.59 Å². The van der Waals surface area contributed by atoms with Gasteiger partial charge in [0, 0.05) is 5.69 Å². The normalized spacial score (nSPS) is 10.0. The van der Waals surface area contributed by atoms with Crippen molar-refractivity contribution in [2.75, 3.05) is 5.32 Å². The highest BCUT2D eigenvalue weighted by Crippen LogP contribution is 2.19. The molecular weight excluding hydrogens is 204 g/mol. The summed E-state index contributed by atoms with van der Waals surface area (Å²) in [5.41, 5.74) is 3.35. The molecule has 1 aromatic heterocycles. The minimum atomic E-state index is -0.288. The van der Waals surface area contributed by atoms with Crippen LogP contribution in [0.25, 0.3) is 0 Å². The monoisotopic (exact) mass is 220 g/mol. The number of carbonyl (C=O) groups is 2. The zero-order chi connectivity index (χ0) is 12.3. The Bertz CT molecular complexity index is 416. The lowest BCUT2D eigenvalue weighted by Gasteiger charge is -2.11. The quantitative estimate of drug-likeness (QED) is 0.792. The van der Waals surface area contributed by atoms with Gasteiger partial charge in [0.1, 0.15) is 5.78 Å². The first kappa shape index (κ1) is 12.4. The number of nitrogens with zero attached hydrogens (tertiary/aromatic N) is 1. The SMILES string of the molecule is CC(=O)CC(=O)Nc1c(C)cc(C)nc1C. The van der Waals surface area contributed by atoms with E-state index in [1.165, 1.54) is 6.92 Å². The Hall–Kier alpha value is -1.71. The third-order valence-corrected chi connectivity index (χ3v) is 2.20. The van der Waals surface area contributed by atoms with Crippen LogP contribution in [0, 0.1) is 20.8 Å². The van der Waals surface area contributed by atoms with Crippen LogP contribution in [0.3, 0.4) is 0 Å². The summed E-state index contributed by atoms with van der Waals surface area (Å²) in [6.45, 7) is 7.04. The second kappa shape index (κ2) is 4.88. The number of anilines is 1. The highest BCUT2D eigenvalue weighted by molar-refractivity contribution is 6.04. The van der Waals surface area contributed by atoms with Gasteiger partial charge in [0.05, 0.1) is 17.8 Å². The second-order valence-electron chi connectivity index (χ2n) is 3.97. The molecule has 0 spiro atoms. The van der Waals surface area contributed by atoms with Crippen molar-refractivity contribution in [2.45, 2.75) is 34.1 Å². The summed E-state index contributed by atoms with van der Waals surface area (Å²) in [6, 6.07) is 1.90. The molecule has 0 aliphatic heterocycles. The molecule has 86 valence electrons. The fourth-order valence-corrected chi connectivity index (χ4v) is 1.62. The molecule has 0 saturated carbocycles. The predicted molar refractivity (Wildman–Crippen MR) is 62.4 cm³/mol. The van der Waals surface area contributed by atoms with Gasteiger partial charge in [0.25, 0.3) is 0 Å². The smallest absolute Gasteiger partial charge is 0.231 e. The van der Waals surface area contributed by atoms with Crippen LogP contribution in [0.4, 0.5) is 5.69 Å². The minimum absolute atomic E-state index is 0.0905. The Balaban J connectivity index is 2.89. The van der Waals surface area contributed by atoms with Crippen LogP contribution in [0.2, 0.25) is 0 Å². The highest BCUT2D eigenvalue weighted by Gasteiger charge is 2.10. The summed E-state index contributed by atoms with van der Waals surface area (Å²) >= 11 is 0. The fraction of sp³-hybridized carbons (Fsp3) is 0.417. The average molecular weight is 220 g/mol. The molecule has 0 unspecified atom stereocenters. The number of aromatic nitrogens is 1. The zero-order valence-electron chi connectivity index (χ0n) is 10.0. The van der Waals surface area contributed by atoms with E-state index in [1.807, 2.05) is 26.8 Å². The molecule has 16 heavy (non-hydrogen) atoms. The predicted octanol–water partition coefficient (Wildman–Crippen LogP) is 1.92. The Morgan fingerprint density at radius 1 is 1.31 bits per heavy atom. The van der Waals surface area contributed by atoms with Crippen LogP contribution in [-0.2, 0) is 9.59 Å². The topological polar surface area (TPSA) is 59.1 Å². The van der Waals surface area contributed by atoms with Crippen molar-refractivity contribution in [3.8, 4) is 0 Å². The maximum atomic E-state index is 11.5. The number of rotatable bonds is 3. The van der Waals surface area contributed by atoms with Crippen LogP contribution >= 0.6 is 0 Å². The Kier molecular flexibility index (Phi) is 3.77. The van der Waals surface area contributed by atoms with Crippen molar-refractivity contribution >= 4 is 17.4 Å². The number of carbonyl (C=O) groups excluding carboxylic acids is 2. The largest absolute Gasteiger partial charge is 0.324 e. The average Bonchev–Trinajstić information content (AvgIpc) is 2.09. The van der Waals surface area contributed by atoms with Crippen LogP contribution in [0.15, 0.2) is 6.07 Å². The molecule has 0 bridgehead atoms. The van der Waals surface area contributed by atoms with Crippen molar-refractivity contribution in [3.63, 3.8) is 0 Å². The molecular formula is C12H16N2O2. The third-order valence-electron chi connectivity index (χ3n) is 2.20. The number of amides is 1. The van der Waals surface area contributed by atoms with Crippen LogP contribution in [-0.4, -0.2) is 16.7 Å². The van der Waals surface area contributed by atoms with Gasteiger partial charge in [-0.2, -0.15) is 0 Å². The van der Waals surface area contributed by atoms with Gasteiger partial charge in [0.2, 0.25) is 5.91 Å². The minimum Gasteiger partial charge on any atom is -0.324 e. The molecule has 1 rings (SSSR count). The number of hydrogen-bond donors (Lipinski definition) is 1. The van der Waals surface area contributed by atoms with Crippen molar-refractivity contribution < 1.29 is 9.59 Å². The first-order valence-corrected chi connectivity index (χ1v) is 5.14. The molecule has 4 heteroatoms. The van der Waals surface area contributed by atoms with E-state index in [4.69, 9.17) is 0 Å². The first-order chi connectivity index (χ1) is 7.40. The maximum Gasteiger partial charge on any atom is 0.231 e. The zero-order valence-corrected chi connectivity index (χ0v) is 10.0. The molecule has 0 aliphatic rings. The highest BCUT2D eigenvalue weighted by atomic mass is 16.2. The molecule has 0 radical (unpaired) electrons. The van der Waals surface area contributed by atoms with Gasteiger partial charge in [-0.25, -0.2) is 0 Å². The fourth-order valence-electron chi connectivity index (χ4n) is 1.62. The number of hydrogen-bond acceptors (Lipinski definition) is 3. The van der Waals surface area contributed by atoms with Gasteiger partial charge < -0.3 is 5.32 Å². The van der Waals surface area contributed by atoms with E-state index in [0.717, 1.165) is 17.0 Å². The van der Waals surface area contributed by atoms with E-state index in [0.29, 0.717) is 5.69 Å². The van der Waals surface area contributed by atoms with Crippen LogP contribution in [0.1, 0.15) is 30.3 Å². The van der Waals surface area contributed by atoms with E-state index in [-0.39, 0.29) is 18.1 Å². The number of nitrogens with one attached hydrogen (secondary N) is 1. The molecule has 0 aliphatic carbocycles. The van der Waals surface area contributed by atoms with Crippen molar-refractivity contribution in [1.29, 1.82) is 0 Å². The Labute approximate surface area is 95.1 Å². The van der Waals surface area contributed by atoms with Crippen LogP contribution < -0.4 is 5.32 Å². The summed E-state index contributed by atoms with van der Waals surface area (Å²) < 4.78 is 0. The maximum absolute atomic E-state index is 11.5. The summed E-state index contributed by atoms with van der Waals surface area (Å²) in [5.74, 6) is -0.433. The van der Waals surface area contributed by atoms with Gasteiger partial charge in [-0.15, -0.1) is 0 Å². The van der Waals surface area contributed by atoms with E-state index in [2.05, 4.69) is 10.3 Å². The van der Waals surface area contributed by atoms with Crippen molar-refractivity contribution in [1.82, 2.24) is 4.98 Å². The standard InChI is InChI=1S/C12H16N2O2/c1-7-5-8(2)13-10(4)12(7)14-11(16)6-9(3)15/h5H,6H2,1-4H3,(H,14,16). The van der Waals surface area contributed by atoms with Gasteiger partial charge in [0.15, 0.2) is 0 Å². The van der Waals surface area contributed by atoms with Gasteiger partial charge in [-0.1, -0.05) is 0 Å². The van der Waals surface area contributed by atoms with Gasteiger partial charge >= 0.3 is 0 Å². The molecule has 0 saturated heterocycles. The molecule has 0 aromatic carbocycles. The van der Waals surface area contributed by atoms with Gasteiger partial charge in [-0.05, 0) is 39.3 Å². The molecule has 0 atom stereocenters. The third kappa shape index (κ3) is 3.15. The van der Waals surface area contributed by atoms with Crippen molar-refractivity contribution in [2.24, 2.45) is 0 Å². The van der Waals surface area contributed by atoms with E-state index < -0.39 is 0 Å². The molecule has 1 aromatic rings. The summed E-state index contributed by atoms with van der Waals surface area (Å²) in [4.78, 5) is 26.5. The number of Topliss-reactive ketones (excluding diaryl/α,β-unsaturated/α-hetero) is 1. The summed E-state index contributed by atoms with van der Waals surface area (Å²) in [5, 5.41) is 2.71.